The summed E-state index contributed by atoms with van der Waals surface area (Å²) in [6.07, 6.45) is 3.11. The van der Waals surface area contributed by atoms with Crippen molar-refractivity contribution in [1.29, 1.82) is 0 Å². The second-order valence-corrected chi connectivity index (χ2v) is 5.57. The Morgan fingerprint density at radius 2 is 2.05 bits per heavy atom. The maximum atomic E-state index is 12.0. The molecule has 106 valence electrons. The lowest BCUT2D eigenvalue weighted by Crippen LogP contribution is -2.51. The van der Waals surface area contributed by atoms with E-state index in [0.29, 0.717) is 5.56 Å². The molecule has 0 spiro atoms. The maximum Gasteiger partial charge on any atom is 0.326 e. The Labute approximate surface area is 111 Å². The summed E-state index contributed by atoms with van der Waals surface area (Å²) in [5.41, 5.74) is 5.72. The molecule has 0 aliphatic rings. The minimum atomic E-state index is -1.08. The molecule has 2 atom stereocenters. The number of aliphatic carboxylic acids is 1. The average Bonchev–Trinajstić information content (AvgIpc) is 2.69. The number of carboxylic acids is 1. The van der Waals surface area contributed by atoms with Gasteiger partial charge in [-0.2, -0.15) is 5.10 Å². The zero-order valence-corrected chi connectivity index (χ0v) is 11.5. The maximum absolute atomic E-state index is 12.0. The normalized spacial score (nSPS) is 14.8. The van der Waals surface area contributed by atoms with Crippen LogP contribution in [0.4, 0.5) is 0 Å². The van der Waals surface area contributed by atoms with E-state index in [4.69, 9.17) is 10.8 Å². The number of carbonyl (C=O) groups is 2. The molecule has 1 rings (SSSR count). The van der Waals surface area contributed by atoms with E-state index in [9.17, 15) is 9.59 Å². The second-order valence-electron chi connectivity index (χ2n) is 5.57. The molecular formula is C12H20N4O3. The fourth-order valence-electron chi connectivity index (χ4n) is 1.63. The van der Waals surface area contributed by atoms with Gasteiger partial charge in [0.1, 0.15) is 12.1 Å². The molecule has 0 aliphatic heterocycles. The van der Waals surface area contributed by atoms with Crippen LogP contribution in [-0.2, 0) is 16.6 Å². The quantitative estimate of drug-likeness (QED) is 0.714. The highest BCUT2D eigenvalue weighted by Crippen LogP contribution is 2.20. The van der Waals surface area contributed by atoms with Crippen LogP contribution in [-0.4, -0.2) is 32.8 Å². The molecule has 0 radical (unpaired) electrons. The number of amides is 1. The highest BCUT2D eigenvalue weighted by Gasteiger charge is 2.34. The van der Waals surface area contributed by atoms with Crippen LogP contribution in [0.1, 0.15) is 32.4 Å². The lowest BCUT2D eigenvalue weighted by atomic mass is 9.86. The highest BCUT2D eigenvalue weighted by atomic mass is 16.4. The van der Waals surface area contributed by atoms with Crippen molar-refractivity contribution < 1.29 is 14.7 Å². The second kappa shape index (κ2) is 5.40. The topological polar surface area (TPSA) is 110 Å². The molecule has 1 unspecified atom stereocenters. The first kappa shape index (κ1) is 15.2. The van der Waals surface area contributed by atoms with Crippen LogP contribution in [0.15, 0.2) is 12.4 Å². The number of rotatable bonds is 4. The Balaban J connectivity index is 2.80. The molecule has 0 saturated heterocycles. The lowest BCUT2D eigenvalue weighted by Gasteiger charge is -2.28. The van der Waals surface area contributed by atoms with E-state index in [1.807, 2.05) is 0 Å². The number of hydrogen-bond acceptors (Lipinski definition) is 4. The van der Waals surface area contributed by atoms with Gasteiger partial charge in [-0.3, -0.25) is 9.48 Å². The van der Waals surface area contributed by atoms with Crippen molar-refractivity contribution in [3.63, 3.8) is 0 Å². The third kappa shape index (κ3) is 3.78. The third-order valence-electron chi connectivity index (χ3n) is 2.77. The van der Waals surface area contributed by atoms with Gasteiger partial charge in [-0.25, -0.2) is 4.79 Å². The Kier molecular flexibility index (Phi) is 4.31. The summed E-state index contributed by atoms with van der Waals surface area (Å²) in [4.78, 5) is 23.2. The molecule has 4 N–H and O–H groups in total. The minimum Gasteiger partial charge on any atom is -0.480 e. The van der Waals surface area contributed by atoms with Crippen LogP contribution in [0, 0.1) is 5.41 Å². The van der Waals surface area contributed by atoms with E-state index in [2.05, 4.69) is 10.4 Å². The predicted octanol–water partition coefficient (Wildman–Crippen LogP) is 0.0354. The third-order valence-corrected chi connectivity index (χ3v) is 2.77. The molecule has 1 aromatic heterocycles. The Hall–Kier alpha value is -1.89. The summed E-state index contributed by atoms with van der Waals surface area (Å²) >= 11 is 0. The Morgan fingerprint density at radius 3 is 2.42 bits per heavy atom. The number of carboxylic acid groups (broad SMARTS) is 1. The van der Waals surface area contributed by atoms with Gasteiger partial charge in [0, 0.05) is 18.8 Å². The zero-order chi connectivity index (χ0) is 14.8. The number of nitrogens with two attached hydrogens (primary N) is 1. The standard InChI is InChI=1S/C12H20N4O3/c1-12(2,3)9(11(18)19)15-10(17)8(13)7-5-14-16(4)6-7/h5-6,8-9H,13H2,1-4H3,(H,15,17)(H,18,19)/t8?,9-/m0/s1. The fraction of sp³-hybridized carbons (Fsp3) is 0.583. The summed E-state index contributed by atoms with van der Waals surface area (Å²) in [6, 6.07) is -1.93. The van der Waals surface area contributed by atoms with Crippen LogP contribution in [0.25, 0.3) is 0 Å². The van der Waals surface area contributed by atoms with Crippen LogP contribution < -0.4 is 11.1 Å². The first-order chi connectivity index (χ1) is 8.62. The van der Waals surface area contributed by atoms with Crippen LogP contribution in [0.5, 0.6) is 0 Å². The number of carbonyl (C=O) groups excluding carboxylic acids is 1. The van der Waals surface area contributed by atoms with Crippen molar-refractivity contribution in [1.82, 2.24) is 15.1 Å². The molecule has 7 heteroatoms. The molecule has 7 nitrogen and oxygen atoms in total. The number of nitrogens with one attached hydrogen (secondary N) is 1. The van der Waals surface area contributed by atoms with Crippen molar-refractivity contribution >= 4 is 11.9 Å². The molecule has 0 bridgehead atoms. The number of aromatic nitrogens is 2. The molecule has 19 heavy (non-hydrogen) atoms. The van der Waals surface area contributed by atoms with Crippen LogP contribution in [0.2, 0.25) is 0 Å². The van der Waals surface area contributed by atoms with Gasteiger partial charge < -0.3 is 16.2 Å². The molecule has 0 fully saturated rings. The van der Waals surface area contributed by atoms with Gasteiger partial charge >= 0.3 is 5.97 Å². The van der Waals surface area contributed by atoms with Crippen molar-refractivity contribution in [3.8, 4) is 0 Å². The van der Waals surface area contributed by atoms with Crippen molar-refractivity contribution in [2.75, 3.05) is 0 Å². The number of hydrogen-bond donors (Lipinski definition) is 3. The molecule has 1 amide bonds. The summed E-state index contributed by atoms with van der Waals surface area (Å²) in [6.45, 7) is 5.21. The summed E-state index contributed by atoms with van der Waals surface area (Å²) in [5.74, 6) is -1.62. The monoisotopic (exact) mass is 268 g/mol. The smallest absolute Gasteiger partial charge is 0.326 e. The van der Waals surface area contributed by atoms with E-state index in [1.165, 1.54) is 10.9 Å². The van der Waals surface area contributed by atoms with Gasteiger partial charge in [-0.05, 0) is 5.41 Å². The Morgan fingerprint density at radius 1 is 1.47 bits per heavy atom. The van der Waals surface area contributed by atoms with Crippen molar-refractivity contribution in [2.45, 2.75) is 32.9 Å². The van der Waals surface area contributed by atoms with E-state index in [-0.39, 0.29) is 0 Å². The van der Waals surface area contributed by atoms with Gasteiger partial charge in [0.05, 0.1) is 6.20 Å². The highest BCUT2D eigenvalue weighted by molar-refractivity contribution is 5.87. The number of nitrogens with zero attached hydrogens (tertiary/aromatic N) is 2. The summed E-state index contributed by atoms with van der Waals surface area (Å²) in [7, 11) is 1.71. The summed E-state index contributed by atoms with van der Waals surface area (Å²) < 4.78 is 1.53. The van der Waals surface area contributed by atoms with Crippen molar-refractivity contribution in [3.05, 3.63) is 18.0 Å². The fourth-order valence-corrected chi connectivity index (χ4v) is 1.63. The lowest BCUT2D eigenvalue weighted by molar-refractivity contribution is -0.145. The molecule has 0 aliphatic carbocycles. The van der Waals surface area contributed by atoms with E-state index in [1.54, 1.807) is 34.0 Å². The molecule has 0 aromatic carbocycles. The predicted molar refractivity (Wildman–Crippen MR) is 69.2 cm³/mol. The SMILES string of the molecule is Cn1cc(C(N)C(=O)N[C@@H](C(=O)O)C(C)(C)C)cn1. The molecule has 1 aromatic rings. The van der Waals surface area contributed by atoms with Gasteiger partial charge in [-0.1, -0.05) is 20.8 Å². The van der Waals surface area contributed by atoms with Gasteiger partial charge in [0.2, 0.25) is 5.91 Å². The van der Waals surface area contributed by atoms with E-state index < -0.39 is 29.4 Å². The number of aryl methyl sites for hydroxylation is 1. The average molecular weight is 268 g/mol. The van der Waals surface area contributed by atoms with Gasteiger partial charge in [0.15, 0.2) is 0 Å². The molecular weight excluding hydrogens is 248 g/mol. The van der Waals surface area contributed by atoms with Gasteiger partial charge in [-0.15, -0.1) is 0 Å². The van der Waals surface area contributed by atoms with Crippen molar-refractivity contribution in [2.24, 2.45) is 18.2 Å². The Bertz CT molecular complexity index is 476. The molecule has 1 heterocycles. The van der Waals surface area contributed by atoms with Gasteiger partial charge in [0.25, 0.3) is 0 Å². The van der Waals surface area contributed by atoms with E-state index in [0.717, 1.165) is 0 Å². The first-order valence-corrected chi connectivity index (χ1v) is 5.90. The van der Waals surface area contributed by atoms with Crippen LogP contribution in [0.3, 0.4) is 0 Å². The zero-order valence-electron chi connectivity index (χ0n) is 11.5. The summed E-state index contributed by atoms with van der Waals surface area (Å²) in [5, 5.41) is 15.5. The minimum absolute atomic E-state index is 0.532. The molecule has 0 saturated carbocycles. The van der Waals surface area contributed by atoms with E-state index >= 15 is 0 Å². The first-order valence-electron chi connectivity index (χ1n) is 5.90. The largest absolute Gasteiger partial charge is 0.480 e. The van der Waals surface area contributed by atoms with Crippen LogP contribution >= 0.6 is 0 Å².